The lowest BCUT2D eigenvalue weighted by Crippen LogP contribution is -2.24. The fourth-order valence-electron chi connectivity index (χ4n) is 1.41. The lowest BCUT2D eigenvalue weighted by molar-refractivity contribution is 0.0951. The summed E-state index contributed by atoms with van der Waals surface area (Å²) in [5.74, 6) is -0.229. The number of carbonyl (C=O) groups excluding carboxylic acids is 1. The lowest BCUT2D eigenvalue weighted by atomic mass is 10.1. The van der Waals surface area contributed by atoms with E-state index < -0.39 is 0 Å². The van der Waals surface area contributed by atoms with Gasteiger partial charge < -0.3 is 11.1 Å². The third-order valence-corrected chi connectivity index (χ3v) is 2.83. The molecular weight excluding hydrogens is 296 g/mol. The Balaban J connectivity index is 2.06. The van der Waals surface area contributed by atoms with E-state index in [1.165, 1.54) is 6.33 Å². The van der Waals surface area contributed by atoms with Crippen LogP contribution in [0.25, 0.3) is 0 Å². The second kappa shape index (κ2) is 5.59. The van der Waals surface area contributed by atoms with E-state index >= 15 is 0 Å². The van der Waals surface area contributed by atoms with Gasteiger partial charge in [0.2, 0.25) is 0 Å². The Kier molecular flexibility index (Phi) is 3.88. The predicted octanol–water partition coefficient (Wildman–Crippen LogP) is 1.75. The summed E-state index contributed by atoms with van der Waals surface area (Å²) in [5.41, 5.74) is 7.38. The van der Waals surface area contributed by atoms with Gasteiger partial charge in [0.25, 0.3) is 5.91 Å². The second-order valence-electron chi connectivity index (χ2n) is 3.61. The van der Waals surface area contributed by atoms with Crippen LogP contribution in [0.1, 0.15) is 16.1 Å². The number of nitrogens with one attached hydrogen (secondary N) is 1. The minimum Gasteiger partial charge on any atom is -0.398 e. The molecule has 0 atom stereocenters. The highest BCUT2D eigenvalue weighted by Crippen LogP contribution is 2.18. The largest absolute Gasteiger partial charge is 0.398 e. The van der Waals surface area contributed by atoms with E-state index in [0.717, 1.165) is 10.2 Å². The van der Waals surface area contributed by atoms with E-state index in [-0.39, 0.29) is 5.91 Å². The van der Waals surface area contributed by atoms with Gasteiger partial charge in [0.15, 0.2) is 0 Å². The zero-order valence-corrected chi connectivity index (χ0v) is 11.0. The van der Waals surface area contributed by atoms with Crippen molar-refractivity contribution in [3.05, 3.63) is 52.5 Å². The van der Waals surface area contributed by atoms with Gasteiger partial charge in [-0.3, -0.25) is 4.79 Å². The molecule has 1 amide bonds. The van der Waals surface area contributed by atoms with Crippen LogP contribution in [0.5, 0.6) is 0 Å². The number of anilines is 1. The number of carbonyl (C=O) groups is 1. The quantitative estimate of drug-likeness (QED) is 0.847. The summed E-state index contributed by atoms with van der Waals surface area (Å²) in [5, 5.41) is 2.75. The average molecular weight is 307 g/mol. The molecule has 5 nitrogen and oxygen atoms in total. The number of halogens is 1. The number of nitrogens with zero attached hydrogens (tertiary/aromatic N) is 2. The molecule has 0 unspecified atom stereocenters. The number of aromatic nitrogens is 2. The Bertz CT molecular complexity index is 559. The summed E-state index contributed by atoms with van der Waals surface area (Å²) in [7, 11) is 0. The molecule has 2 aromatic rings. The standard InChI is InChI=1S/C12H11BrN4O/c13-8-1-2-11(14)10(5-8)12(18)16-6-9-3-4-15-7-17-9/h1-5,7H,6,14H2,(H,16,18). The summed E-state index contributed by atoms with van der Waals surface area (Å²) >= 11 is 3.30. The molecule has 0 saturated heterocycles. The first kappa shape index (κ1) is 12.5. The highest BCUT2D eigenvalue weighted by molar-refractivity contribution is 9.10. The van der Waals surface area contributed by atoms with E-state index in [0.29, 0.717) is 17.8 Å². The smallest absolute Gasteiger partial charge is 0.253 e. The van der Waals surface area contributed by atoms with Gasteiger partial charge in [0.1, 0.15) is 6.33 Å². The first-order chi connectivity index (χ1) is 8.66. The van der Waals surface area contributed by atoms with E-state index in [4.69, 9.17) is 5.73 Å². The van der Waals surface area contributed by atoms with E-state index in [2.05, 4.69) is 31.2 Å². The van der Waals surface area contributed by atoms with Gasteiger partial charge in [0.05, 0.1) is 17.8 Å². The summed E-state index contributed by atoms with van der Waals surface area (Å²) in [6.45, 7) is 0.341. The third-order valence-electron chi connectivity index (χ3n) is 2.33. The fraction of sp³-hybridized carbons (Fsp3) is 0.0833. The van der Waals surface area contributed by atoms with Gasteiger partial charge in [-0.05, 0) is 24.3 Å². The fourth-order valence-corrected chi connectivity index (χ4v) is 1.77. The topological polar surface area (TPSA) is 80.9 Å². The minimum atomic E-state index is -0.229. The monoisotopic (exact) mass is 306 g/mol. The maximum absolute atomic E-state index is 11.9. The number of benzene rings is 1. The molecule has 1 aromatic heterocycles. The maximum Gasteiger partial charge on any atom is 0.253 e. The third kappa shape index (κ3) is 3.04. The SMILES string of the molecule is Nc1ccc(Br)cc1C(=O)NCc1ccncn1. The Labute approximate surface area is 113 Å². The Hall–Kier alpha value is -1.95. The van der Waals surface area contributed by atoms with Crippen molar-refractivity contribution in [2.75, 3.05) is 5.73 Å². The Morgan fingerprint density at radius 1 is 1.39 bits per heavy atom. The van der Waals surface area contributed by atoms with Crippen molar-refractivity contribution >= 4 is 27.5 Å². The van der Waals surface area contributed by atoms with Crippen LogP contribution in [0.4, 0.5) is 5.69 Å². The molecule has 3 N–H and O–H groups in total. The number of hydrogen-bond donors (Lipinski definition) is 2. The molecule has 0 bridgehead atoms. The van der Waals surface area contributed by atoms with Gasteiger partial charge in [-0.25, -0.2) is 9.97 Å². The van der Waals surface area contributed by atoms with E-state index in [9.17, 15) is 4.79 Å². The van der Waals surface area contributed by atoms with Crippen molar-refractivity contribution in [3.8, 4) is 0 Å². The first-order valence-electron chi connectivity index (χ1n) is 5.25. The summed E-state index contributed by atoms with van der Waals surface area (Å²) in [6, 6.07) is 6.90. The molecule has 92 valence electrons. The number of nitrogen functional groups attached to an aromatic ring is 1. The van der Waals surface area contributed by atoms with Crippen molar-refractivity contribution in [2.24, 2.45) is 0 Å². The maximum atomic E-state index is 11.9. The highest BCUT2D eigenvalue weighted by atomic mass is 79.9. The normalized spacial score (nSPS) is 10.1. The average Bonchev–Trinajstić information content (AvgIpc) is 2.40. The van der Waals surface area contributed by atoms with Crippen LogP contribution in [-0.4, -0.2) is 15.9 Å². The van der Waals surface area contributed by atoms with Crippen molar-refractivity contribution in [1.29, 1.82) is 0 Å². The van der Waals surface area contributed by atoms with Crippen LogP contribution >= 0.6 is 15.9 Å². The second-order valence-corrected chi connectivity index (χ2v) is 4.53. The van der Waals surface area contributed by atoms with Crippen LogP contribution in [0.3, 0.4) is 0 Å². The van der Waals surface area contributed by atoms with Crippen molar-refractivity contribution in [2.45, 2.75) is 6.54 Å². The van der Waals surface area contributed by atoms with Crippen molar-refractivity contribution in [3.63, 3.8) is 0 Å². The number of amides is 1. The van der Waals surface area contributed by atoms with Crippen LogP contribution in [-0.2, 0) is 6.54 Å². The molecule has 2 rings (SSSR count). The minimum absolute atomic E-state index is 0.229. The zero-order chi connectivity index (χ0) is 13.0. The van der Waals surface area contributed by atoms with Crippen LogP contribution in [0, 0.1) is 0 Å². The highest BCUT2D eigenvalue weighted by Gasteiger charge is 2.09. The molecular formula is C12H11BrN4O. The molecule has 0 spiro atoms. The molecule has 0 radical (unpaired) electrons. The number of rotatable bonds is 3. The van der Waals surface area contributed by atoms with Gasteiger partial charge >= 0.3 is 0 Å². The molecule has 1 heterocycles. The van der Waals surface area contributed by atoms with E-state index in [1.54, 1.807) is 30.5 Å². The molecule has 0 aliphatic rings. The predicted molar refractivity (Wildman–Crippen MR) is 71.8 cm³/mol. The summed E-state index contributed by atoms with van der Waals surface area (Å²) in [4.78, 5) is 19.8. The molecule has 1 aromatic carbocycles. The van der Waals surface area contributed by atoms with Crippen molar-refractivity contribution < 1.29 is 4.79 Å². The lowest BCUT2D eigenvalue weighted by Gasteiger charge is -2.07. The first-order valence-corrected chi connectivity index (χ1v) is 6.04. The van der Waals surface area contributed by atoms with Crippen molar-refractivity contribution in [1.82, 2.24) is 15.3 Å². The molecule has 18 heavy (non-hydrogen) atoms. The number of hydrogen-bond acceptors (Lipinski definition) is 4. The number of nitrogens with two attached hydrogens (primary N) is 1. The van der Waals surface area contributed by atoms with Crippen LogP contribution in [0.2, 0.25) is 0 Å². The molecule has 0 aliphatic carbocycles. The molecule has 0 aliphatic heterocycles. The summed E-state index contributed by atoms with van der Waals surface area (Å²) < 4.78 is 0.809. The molecule has 0 saturated carbocycles. The Morgan fingerprint density at radius 2 is 2.22 bits per heavy atom. The van der Waals surface area contributed by atoms with E-state index in [1.807, 2.05) is 0 Å². The zero-order valence-electron chi connectivity index (χ0n) is 9.43. The van der Waals surface area contributed by atoms with Gasteiger partial charge in [0, 0.05) is 16.4 Å². The summed E-state index contributed by atoms with van der Waals surface area (Å²) in [6.07, 6.45) is 3.07. The van der Waals surface area contributed by atoms with Gasteiger partial charge in [-0.1, -0.05) is 15.9 Å². The molecule has 0 fully saturated rings. The molecule has 6 heteroatoms. The Morgan fingerprint density at radius 3 is 2.94 bits per heavy atom. The van der Waals surface area contributed by atoms with Crippen LogP contribution < -0.4 is 11.1 Å². The van der Waals surface area contributed by atoms with Gasteiger partial charge in [-0.15, -0.1) is 0 Å². The van der Waals surface area contributed by atoms with Crippen LogP contribution in [0.15, 0.2) is 41.3 Å². The van der Waals surface area contributed by atoms with Gasteiger partial charge in [-0.2, -0.15) is 0 Å².